The number of ether oxygens (including phenoxy) is 1. The van der Waals surface area contributed by atoms with E-state index in [9.17, 15) is 0 Å². The lowest BCUT2D eigenvalue weighted by atomic mass is 10.2. The molecule has 0 amide bonds. The molecule has 0 aliphatic rings. The molecule has 0 spiro atoms. The predicted molar refractivity (Wildman–Crippen MR) is 57.7 cm³/mol. The van der Waals surface area contributed by atoms with Gasteiger partial charge in [0, 0.05) is 8.47 Å². The van der Waals surface area contributed by atoms with Crippen molar-refractivity contribution in [2.75, 3.05) is 7.11 Å². The molecule has 4 heteroatoms. The van der Waals surface area contributed by atoms with Gasteiger partial charge in [-0.3, -0.25) is 0 Å². The van der Waals surface area contributed by atoms with Gasteiger partial charge in [0.05, 0.1) is 12.7 Å². The highest BCUT2D eigenvalue weighted by molar-refractivity contribution is 14.1. The van der Waals surface area contributed by atoms with E-state index in [0.717, 1.165) is 3.57 Å². The number of nitrogens with zero attached hydrogens (tertiary/aromatic N) is 1. The molecule has 62 valence electrons. The number of hydrogen-bond acceptors (Lipinski definition) is 3. The summed E-state index contributed by atoms with van der Waals surface area (Å²) in [6, 6.07) is 5.57. The number of benzene rings is 1. The monoisotopic (exact) mass is 291 g/mol. The lowest BCUT2D eigenvalue weighted by Gasteiger charge is -2.04. The van der Waals surface area contributed by atoms with E-state index in [2.05, 4.69) is 41.3 Å². The van der Waals surface area contributed by atoms with E-state index >= 15 is 0 Å². The summed E-state index contributed by atoms with van der Waals surface area (Å²) in [5.41, 5.74) is 0.626. The Morgan fingerprint density at radius 2 is 2.25 bits per heavy atom. The molecular weight excluding hydrogens is 285 g/mol. The van der Waals surface area contributed by atoms with Crippen molar-refractivity contribution in [2.45, 2.75) is 4.90 Å². The first-order chi connectivity index (χ1) is 5.69. The third-order valence-electron chi connectivity index (χ3n) is 1.39. The van der Waals surface area contributed by atoms with Crippen LogP contribution in [-0.2, 0) is 0 Å². The van der Waals surface area contributed by atoms with Crippen molar-refractivity contribution in [3.05, 3.63) is 21.3 Å². The van der Waals surface area contributed by atoms with Crippen LogP contribution in [0.3, 0.4) is 0 Å². The molecule has 0 N–H and O–H groups in total. The van der Waals surface area contributed by atoms with Crippen LogP contribution in [0.1, 0.15) is 5.56 Å². The first-order valence-electron chi connectivity index (χ1n) is 3.15. The predicted octanol–water partition coefficient (Wildman–Crippen LogP) is 2.46. The smallest absolute Gasteiger partial charge is 0.133 e. The van der Waals surface area contributed by atoms with E-state index in [1.165, 1.54) is 0 Å². The fraction of sp³-hybridized carbons (Fsp3) is 0.125. The van der Waals surface area contributed by atoms with Gasteiger partial charge >= 0.3 is 0 Å². The molecule has 0 saturated heterocycles. The standard InChI is InChI=1S/C8H6INOS/c1-11-7-3-6(9)5(4-10)2-8(7)12/h2-3,12H,1H3. The fourth-order valence-electron chi connectivity index (χ4n) is 0.793. The molecule has 0 aliphatic heterocycles. The van der Waals surface area contributed by atoms with E-state index in [1.807, 2.05) is 0 Å². The zero-order chi connectivity index (χ0) is 9.14. The molecular formula is C8H6INOS. The summed E-state index contributed by atoms with van der Waals surface area (Å²) in [7, 11) is 1.58. The first-order valence-corrected chi connectivity index (χ1v) is 4.68. The highest BCUT2D eigenvalue weighted by Crippen LogP contribution is 2.26. The minimum absolute atomic E-state index is 0.626. The Hall–Kier alpha value is -0.410. The van der Waals surface area contributed by atoms with Crippen LogP contribution in [-0.4, -0.2) is 7.11 Å². The average molecular weight is 291 g/mol. The number of nitriles is 1. The van der Waals surface area contributed by atoms with Crippen molar-refractivity contribution >= 4 is 35.2 Å². The highest BCUT2D eigenvalue weighted by atomic mass is 127. The molecule has 1 aromatic carbocycles. The first kappa shape index (κ1) is 9.68. The molecule has 1 aromatic rings. The quantitative estimate of drug-likeness (QED) is 0.637. The summed E-state index contributed by atoms with van der Waals surface area (Å²) in [5.74, 6) is 0.696. The van der Waals surface area contributed by atoms with Gasteiger partial charge < -0.3 is 4.74 Å². The van der Waals surface area contributed by atoms with E-state index in [1.54, 1.807) is 19.2 Å². The molecule has 0 saturated carbocycles. The normalized spacial score (nSPS) is 9.17. The highest BCUT2D eigenvalue weighted by Gasteiger charge is 2.04. The van der Waals surface area contributed by atoms with Gasteiger partial charge in [-0.15, -0.1) is 12.6 Å². The van der Waals surface area contributed by atoms with Crippen LogP contribution in [0.25, 0.3) is 0 Å². The average Bonchev–Trinajstić information content (AvgIpc) is 2.08. The summed E-state index contributed by atoms with van der Waals surface area (Å²) in [6.07, 6.45) is 0. The Morgan fingerprint density at radius 1 is 1.58 bits per heavy atom. The van der Waals surface area contributed by atoms with E-state index < -0.39 is 0 Å². The van der Waals surface area contributed by atoms with Crippen LogP contribution in [0, 0.1) is 14.9 Å². The van der Waals surface area contributed by atoms with Gasteiger partial charge in [0.2, 0.25) is 0 Å². The Labute approximate surface area is 90.1 Å². The largest absolute Gasteiger partial charge is 0.496 e. The van der Waals surface area contributed by atoms with Crippen LogP contribution in [0.4, 0.5) is 0 Å². The van der Waals surface area contributed by atoms with Crippen LogP contribution in [0.2, 0.25) is 0 Å². The van der Waals surface area contributed by atoms with Crippen molar-refractivity contribution < 1.29 is 4.74 Å². The summed E-state index contributed by atoms with van der Waals surface area (Å²) in [4.78, 5) is 0.689. The van der Waals surface area contributed by atoms with Crippen molar-refractivity contribution in [1.29, 1.82) is 5.26 Å². The number of hydrogen-bond donors (Lipinski definition) is 1. The topological polar surface area (TPSA) is 33.0 Å². The van der Waals surface area contributed by atoms with E-state index in [-0.39, 0.29) is 0 Å². The Balaban J connectivity index is 3.28. The molecule has 0 aliphatic carbocycles. The lowest BCUT2D eigenvalue weighted by Crippen LogP contribution is -1.88. The molecule has 0 bridgehead atoms. The minimum atomic E-state index is 0.626. The maximum Gasteiger partial charge on any atom is 0.133 e. The van der Waals surface area contributed by atoms with Gasteiger partial charge in [-0.1, -0.05) is 0 Å². The molecule has 12 heavy (non-hydrogen) atoms. The maximum absolute atomic E-state index is 8.68. The van der Waals surface area contributed by atoms with E-state index in [0.29, 0.717) is 16.2 Å². The van der Waals surface area contributed by atoms with Gasteiger partial charge in [0.1, 0.15) is 11.8 Å². The fourth-order valence-corrected chi connectivity index (χ4v) is 1.64. The molecule has 0 radical (unpaired) electrons. The summed E-state index contributed by atoms with van der Waals surface area (Å²) >= 11 is 6.26. The summed E-state index contributed by atoms with van der Waals surface area (Å²) < 4.78 is 5.91. The number of methoxy groups -OCH3 is 1. The van der Waals surface area contributed by atoms with Gasteiger partial charge in [0.15, 0.2) is 0 Å². The maximum atomic E-state index is 8.68. The molecule has 0 atom stereocenters. The molecule has 2 nitrogen and oxygen atoms in total. The number of halogens is 1. The van der Waals surface area contributed by atoms with Crippen molar-refractivity contribution in [2.24, 2.45) is 0 Å². The SMILES string of the molecule is COc1cc(I)c(C#N)cc1S. The van der Waals surface area contributed by atoms with Gasteiger partial charge in [-0.2, -0.15) is 5.26 Å². The second-order valence-electron chi connectivity index (χ2n) is 2.12. The minimum Gasteiger partial charge on any atom is -0.496 e. The molecule has 0 unspecified atom stereocenters. The van der Waals surface area contributed by atoms with Crippen molar-refractivity contribution in [3.8, 4) is 11.8 Å². The number of rotatable bonds is 1. The summed E-state index contributed by atoms with van der Waals surface area (Å²) in [5, 5.41) is 8.68. The van der Waals surface area contributed by atoms with Gasteiger partial charge in [-0.05, 0) is 34.7 Å². The van der Waals surface area contributed by atoms with Gasteiger partial charge in [0.25, 0.3) is 0 Å². The van der Waals surface area contributed by atoms with Crippen LogP contribution in [0.15, 0.2) is 17.0 Å². The van der Waals surface area contributed by atoms with Crippen molar-refractivity contribution in [1.82, 2.24) is 0 Å². The van der Waals surface area contributed by atoms with E-state index in [4.69, 9.17) is 10.00 Å². The second kappa shape index (κ2) is 4.01. The zero-order valence-corrected chi connectivity index (χ0v) is 9.39. The molecule has 1 rings (SSSR count). The third-order valence-corrected chi connectivity index (χ3v) is 2.63. The van der Waals surface area contributed by atoms with Crippen LogP contribution < -0.4 is 4.74 Å². The third kappa shape index (κ3) is 1.84. The molecule has 0 heterocycles. The van der Waals surface area contributed by atoms with Crippen molar-refractivity contribution in [3.63, 3.8) is 0 Å². The number of thiol groups is 1. The Morgan fingerprint density at radius 3 is 2.75 bits per heavy atom. The Kier molecular flexibility index (Phi) is 3.23. The molecule has 0 aromatic heterocycles. The molecule has 0 fully saturated rings. The second-order valence-corrected chi connectivity index (χ2v) is 3.76. The lowest BCUT2D eigenvalue weighted by molar-refractivity contribution is 0.404. The van der Waals surface area contributed by atoms with Gasteiger partial charge in [-0.25, -0.2) is 0 Å². The summed E-state index contributed by atoms with van der Waals surface area (Å²) in [6.45, 7) is 0. The zero-order valence-electron chi connectivity index (χ0n) is 6.34. The van der Waals surface area contributed by atoms with Crippen LogP contribution >= 0.6 is 35.2 Å². The Bertz CT molecular complexity index is 345. The van der Waals surface area contributed by atoms with Crippen LogP contribution in [0.5, 0.6) is 5.75 Å².